The standard InChI is InChI=1S/C14H21BrN2/c1-13-4-2-5-14(12-13)17-10-8-16(9-11-17)7-3-6-15/h2,4-5,12H,3,6-11H2,1H3. The zero-order valence-electron chi connectivity index (χ0n) is 10.5. The quantitative estimate of drug-likeness (QED) is 0.789. The molecule has 0 N–H and O–H groups in total. The first-order valence-corrected chi connectivity index (χ1v) is 7.51. The second-order valence-electron chi connectivity index (χ2n) is 4.71. The molecule has 3 heteroatoms. The Morgan fingerprint density at radius 1 is 1.18 bits per heavy atom. The summed E-state index contributed by atoms with van der Waals surface area (Å²) in [5.74, 6) is 0. The van der Waals surface area contributed by atoms with E-state index < -0.39 is 0 Å². The van der Waals surface area contributed by atoms with Crippen LogP contribution in [0.1, 0.15) is 12.0 Å². The monoisotopic (exact) mass is 296 g/mol. The van der Waals surface area contributed by atoms with Crippen LogP contribution in [-0.2, 0) is 0 Å². The van der Waals surface area contributed by atoms with Gasteiger partial charge in [-0.15, -0.1) is 0 Å². The van der Waals surface area contributed by atoms with E-state index in [4.69, 9.17) is 0 Å². The third kappa shape index (κ3) is 3.71. The van der Waals surface area contributed by atoms with Crippen LogP contribution in [0.3, 0.4) is 0 Å². The summed E-state index contributed by atoms with van der Waals surface area (Å²) in [6, 6.07) is 8.83. The van der Waals surface area contributed by atoms with E-state index in [1.165, 1.54) is 37.3 Å². The number of benzene rings is 1. The van der Waals surface area contributed by atoms with Crippen molar-refractivity contribution in [3.8, 4) is 0 Å². The van der Waals surface area contributed by atoms with Crippen LogP contribution in [0, 0.1) is 6.92 Å². The summed E-state index contributed by atoms with van der Waals surface area (Å²) in [6.45, 7) is 8.10. The van der Waals surface area contributed by atoms with E-state index in [2.05, 4.69) is 56.9 Å². The number of nitrogens with zero attached hydrogens (tertiary/aromatic N) is 2. The molecule has 1 aliphatic heterocycles. The summed E-state index contributed by atoms with van der Waals surface area (Å²) in [7, 11) is 0. The molecule has 1 aliphatic rings. The molecule has 0 amide bonds. The largest absolute Gasteiger partial charge is 0.369 e. The summed E-state index contributed by atoms with van der Waals surface area (Å²) in [6.07, 6.45) is 1.25. The summed E-state index contributed by atoms with van der Waals surface area (Å²) in [5, 5.41) is 1.12. The van der Waals surface area contributed by atoms with Gasteiger partial charge in [-0.2, -0.15) is 0 Å². The Morgan fingerprint density at radius 3 is 2.59 bits per heavy atom. The predicted molar refractivity (Wildman–Crippen MR) is 78.2 cm³/mol. The third-order valence-corrected chi connectivity index (χ3v) is 3.91. The van der Waals surface area contributed by atoms with Crippen LogP contribution in [-0.4, -0.2) is 43.0 Å². The van der Waals surface area contributed by atoms with E-state index in [1.807, 2.05) is 0 Å². The molecule has 0 aliphatic carbocycles. The van der Waals surface area contributed by atoms with Gasteiger partial charge in [0.25, 0.3) is 0 Å². The van der Waals surface area contributed by atoms with Gasteiger partial charge in [-0.05, 0) is 37.6 Å². The van der Waals surface area contributed by atoms with Gasteiger partial charge in [0.05, 0.1) is 0 Å². The van der Waals surface area contributed by atoms with Gasteiger partial charge in [0.2, 0.25) is 0 Å². The van der Waals surface area contributed by atoms with Gasteiger partial charge in [-0.25, -0.2) is 0 Å². The fraction of sp³-hybridized carbons (Fsp3) is 0.571. The number of aryl methyl sites for hydroxylation is 1. The normalized spacial score (nSPS) is 17.4. The van der Waals surface area contributed by atoms with Crippen molar-refractivity contribution in [3.05, 3.63) is 29.8 Å². The summed E-state index contributed by atoms with van der Waals surface area (Å²) in [4.78, 5) is 5.06. The van der Waals surface area contributed by atoms with E-state index in [0.29, 0.717) is 0 Å². The van der Waals surface area contributed by atoms with Crippen LogP contribution in [0.5, 0.6) is 0 Å². The van der Waals surface area contributed by atoms with Crippen molar-refractivity contribution in [2.75, 3.05) is 43.0 Å². The lowest BCUT2D eigenvalue weighted by atomic mass is 10.2. The van der Waals surface area contributed by atoms with Gasteiger partial charge in [-0.3, -0.25) is 4.90 Å². The molecular formula is C14H21BrN2. The zero-order valence-corrected chi connectivity index (χ0v) is 12.1. The van der Waals surface area contributed by atoms with Crippen molar-refractivity contribution in [2.45, 2.75) is 13.3 Å². The molecule has 0 aromatic heterocycles. The molecular weight excluding hydrogens is 276 g/mol. The minimum absolute atomic E-state index is 1.12. The highest BCUT2D eigenvalue weighted by Gasteiger charge is 2.16. The highest BCUT2D eigenvalue weighted by molar-refractivity contribution is 9.09. The predicted octanol–water partition coefficient (Wildman–Crippen LogP) is 2.90. The molecule has 2 rings (SSSR count). The van der Waals surface area contributed by atoms with E-state index in [-0.39, 0.29) is 0 Å². The van der Waals surface area contributed by atoms with Gasteiger partial charge in [0.15, 0.2) is 0 Å². The molecule has 1 heterocycles. The molecule has 0 radical (unpaired) electrons. The lowest BCUT2D eigenvalue weighted by molar-refractivity contribution is 0.259. The Kier molecular flexibility index (Phi) is 4.86. The van der Waals surface area contributed by atoms with Gasteiger partial charge < -0.3 is 4.90 Å². The third-order valence-electron chi connectivity index (χ3n) is 3.35. The Morgan fingerprint density at radius 2 is 1.94 bits per heavy atom. The molecule has 0 bridgehead atoms. The maximum Gasteiger partial charge on any atom is 0.0369 e. The second-order valence-corrected chi connectivity index (χ2v) is 5.50. The van der Waals surface area contributed by atoms with Crippen molar-refractivity contribution < 1.29 is 0 Å². The van der Waals surface area contributed by atoms with Gasteiger partial charge in [0.1, 0.15) is 0 Å². The molecule has 1 aromatic carbocycles. The Balaban J connectivity index is 1.86. The van der Waals surface area contributed by atoms with Crippen molar-refractivity contribution in [1.82, 2.24) is 4.90 Å². The van der Waals surface area contributed by atoms with Gasteiger partial charge in [0, 0.05) is 37.2 Å². The molecule has 17 heavy (non-hydrogen) atoms. The minimum atomic E-state index is 1.12. The van der Waals surface area contributed by atoms with Crippen molar-refractivity contribution in [3.63, 3.8) is 0 Å². The first kappa shape index (κ1) is 12.9. The fourth-order valence-corrected chi connectivity index (χ4v) is 2.59. The lowest BCUT2D eigenvalue weighted by Gasteiger charge is -2.36. The van der Waals surface area contributed by atoms with Gasteiger partial charge >= 0.3 is 0 Å². The van der Waals surface area contributed by atoms with Gasteiger partial charge in [-0.1, -0.05) is 28.1 Å². The van der Waals surface area contributed by atoms with Crippen LogP contribution < -0.4 is 4.90 Å². The second kappa shape index (κ2) is 6.41. The van der Waals surface area contributed by atoms with E-state index in [0.717, 1.165) is 18.4 Å². The molecule has 2 nitrogen and oxygen atoms in total. The van der Waals surface area contributed by atoms with Crippen molar-refractivity contribution in [2.24, 2.45) is 0 Å². The molecule has 1 aromatic rings. The van der Waals surface area contributed by atoms with Crippen molar-refractivity contribution in [1.29, 1.82) is 0 Å². The van der Waals surface area contributed by atoms with Crippen LogP contribution >= 0.6 is 15.9 Å². The lowest BCUT2D eigenvalue weighted by Crippen LogP contribution is -2.46. The number of piperazine rings is 1. The first-order chi connectivity index (χ1) is 8.29. The smallest absolute Gasteiger partial charge is 0.0369 e. The SMILES string of the molecule is Cc1cccc(N2CCN(CCCBr)CC2)c1. The number of anilines is 1. The highest BCUT2D eigenvalue weighted by atomic mass is 79.9. The summed E-state index contributed by atoms with van der Waals surface area (Å²) >= 11 is 3.50. The number of halogens is 1. The average molecular weight is 297 g/mol. The zero-order chi connectivity index (χ0) is 12.1. The highest BCUT2D eigenvalue weighted by Crippen LogP contribution is 2.17. The molecule has 94 valence electrons. The van der Waals surface area contributed by atoms with E-state index in [9.17, 15) is 0 Å². The van der Waals surface area contributed by atoms with E-state index in [1.54, 1.807) is 0 Å². The van der Waals surface area contributed by atoms with Crippen LogP contribution in [0.2, 0.25) is 0 Å². The molecule has 1 fully saturated rings. The van der Waals surface area contributed by atoms with Crippen molar-refractivity contribution >= 4 is 21.6 Å². The maximum atomic E-state index is 3.50. The summed E-state index contributed by atoms with van der Waals surface area (Å²) in [5.41, 5.74) is 2.73. The molecule has 0 saturated carbocycles. The molecule has 0 spiro atoms. The van der Waals surface area contributed by atoms with Crippen LogP contribution in [0.4, 0.5) is 5.69 Å². The van der Waals surface area contributed by atoms with E-state index >= 15 is 0 Å². The number of hydrogen-bond acceptors (Lipinski definition) is 2. The molecule has 0 atom stereocenters. The molecule has 1 saturated heterocycles. The average Bonchev–Trinajstić information content (AvgIpc) is 2.37. The maximum absolute atomic E-state index is 3.50. The van der Waals surface area contributed by atoms with Crippen LogP contribution in [0.25, 0.3) is 0 Å². The Hall–Kier alpha value is -0.540. The Labute approximate surface area is 113 Å². The molecule has 0 unspecified atom stereocenters. The number of hydrogen-bond donors (Lipinski definition) is 0. The first-order valence-electron chi connectivity index (χ1n) is 6.39. The Bertz CT molecular complexity index is 346. The summed E-state index contributed by atoms with van der Waals surface area (Å²) < 4.78 is 0. The number of alkyl halides is 1. The fourth-order valence-electron chi connectivity index (χ4n) is 2.34. The van der Waals surface area contributed by atoms with Crippen LogP contribution in [0.15, 0.2) is 24.3 Å². The topological polar surface area (TPSA) is 6.48 Å². The minimum Gasteiger partial charge on any atom is -0.369 e. The number of rotatable bonds is 4.